The van der Waals surface area contributed by atoms with Crippen molar-refractivity contribution in [3.8, 4) is 0 Å². The highest BCUT2D eigenvalue weighted by Gasteiger charge is 2.43. The van der Waals surface area contributed by atoms with Gasteiger partial charge in [0.15, 0.2) is 0 Å². The van der Waals surface area contributed by atoms with Crippen molar-refractivity contribution in [1.82, 2.24) is 0 Å². The van der Waals surface area contributed by atoms with Crippen LogP contribution in [-0.2, 0) is 0 Å². The van der Waals surface area contributed by atoms with Gasteiger partial charge in [-0.1, -0.05) is 20.8 Å². The molecular weight excluding hydrogens is 132 g/mol. The van der Waals surface area contributed by atoms with Crippen LogP contribution < -0.4 is 0 Å². The minimum Gasteiger partial charge on any atom is -0.0625 e. The molecule has 0 nitrogen and oxygen atoms in total. The molecular formula is C11H20. The Kier molecular flexibility index (Phi) is 1.74. The maximum absolute atomic E-state index is 2.48. The van der Waals surface area contributed by atoms with Crippen LogP contribution in [0.3, 0.4) is 0 Å². The van der Waals surface area contributed by atoms with Gasteiger partial charge in [-0.25, -0.2) is 0 Å². The van der Waals surface area contributed by atoms with Gasteiger partial charge in [0.25, 0.3) is 0 Å². The molecule has 2 bridgehead atoms. The predicted molar refractivity (Wildman–Crippen MR) is 48.3 cm³/mol. The summed E-state index contributed by atoms with van der Waals surface area (Å²) in [7, 11) is 0. The first-order chi connectivity index (χ1) is 5.18. The van der Waals surface area contributed by atoms with Gasteiger partial charge in [-0.05, 0) is 48.9 Å². The van der Waals surface area contributed by atoms with Crippen LogP contribution in [-0.4, -0.2) is 0 Å². The van der Waals surface area contributed by atoms with E-state index in [1.807, 2.05) is 0 Å². The van der Waals surface area contributed by atoms with Crippen molar-refractivity contribution >= 4 is 0 Å². The molecule has 0 radical (unpaired) electrons. The third-order valence-electron chi connectivity index (χ3n) is 4.15. The van der Waals surface area contributed by atoms with Gasteiger partial charge in [0, 0.05) is 0 Å². The summed E-state index contributed by atoms with van der Waals surface area (Å²) in [6.07, 6.45) is 4.66. The number of fused-ring (bicyclic) bond motifs is 2. The lowest BCUT2D eigenvalue weighted by Gasteiger charge is -2.51. The van der Waals surface area contributed by atoms with Gasteiger partial charge >= 0.3 is 0 Å². The smallest absolute Gasteiger partial charge is 0.0360 e. The monoisotopic (exact) mass is 152 g/mol. The fraction of sp³-hybridized carbons (Fsp3) is 1.00. The van der Waals surface area contributed by atoms with E-state index in [2.05, 4.69) is 20.8 Å². The molecule has 0 amide bonds. The molecule has 3 aliphatic rings. The second-order valence-electron chi connectivity index (χ2n) is 5.10. The molecule has 0 aromatic heterocycles. The summed E-state index contributed by atoms with van der Waals surface area (Å²) in [5.74, 6) is 5.24. The molecule has 3 saturated carbocycles. The Morgan fingerprint density at radius 1 is 1.09 bits per heavy atom. The molecule has 0 aromatic carbocycles. The first-order valence-corrected chi connectivity index (χ1v) is 5.18. The van der Waals surface area contributed by atoms with E-state index in [4.69, 9.17) is 0 Å². The summed E-state index contributed by atoms with van der Waals surface area (Å²) in [5.41, 5.74) is 0. The van der Waals surface area contributed by atoms with Crippen molar-refractivity contribution in [2.75, 3.05) is 0 Å². The molecule has 3 fully saturated rings. The molecule has 3 aliphatic carbocycles. The fourth-order valence-corrected chi connectivity index (χ4v) is 3.24. The first-order valence-electron chi connectivity index (χ1n) is 5.18. The maximum Gasteiger partial charge on any atom is -0.0360 e. The van der Waals surface area contributed by atoms with E-state index in [9.17, 15) is 0 Å². The molecule has 2 atom stereocenters. The molecule has 1 unspecified atom stereocenters. The maximum atomic E-state index is 2.48. The van der Waals surface area contributed by atoms with Crippen molar-refractivity contribution in [1.29, 1.82) is 0 Å². The lowest BCUT2D eigenvalue weighted by molar-refractivity contribution is -0.0119. The Bertz CT molecular complexity index is 142. The number of rotatable bonds is 1. The van der Waals surface area contributed by atoms with Crippen molar-refractivity contribution in [3.63, 3.8) is 0 Å². The summed E-state index contributed by atoms with van der Waals surface area (Å²) in [4.78, 5) is 0. The molecule has 0 aliphatic heterocycles. The van der Waals surface area contributed by atoms with Gasteiger partial charge in [0.2, 0.25) is 0 Å². The average Bonchev–Trinajstić information content (AvgIpc) is 1.84. The Morgan fingerprint density at radius 2 is 1.73 bits per heavy atom. The molecule has 0 heterocycles. The van der Waals surface area contributed by atoms with Gasteiger partial charge in [-0.15, -0.1) is 0 Å². The van der Waals surface area contributed by atoms with E-state index in [1.54, 1.807) is 12.8 Å². The van der Waals surface area contributed by atoms with Gasteiger partial charge in [-0.2, -0.15) is 0 Å². The fourth-order valence-electron chi connectivity index (χ4n) is 3.24. The lowest BCUT2D eigenvalue weighted by atomic mass is 9.54. The quantitative estimate of drug-likeness (QED) is 0.540. The normalized spacial score (nSPS) is 49.1. The summed E-state index contributed by atoms with van der Waals surface area (Å²) in [5, 5.41) is 0. The van der Waals surface area contributed by atoms with E-state index >= 15 is 0 Å². The van der Waals surface area contributed by atoms with E-state index in [0.717, 1.165) is 29.6 Å². The van der Waals surface area contributed by atoms with Crippen LogP contribution in [0.25, 0.3) is 0 Å². The second kappa shape index (κ2) is 2.50. The van der Waals surface area contributed by atoms with Crippen molar-refractivity contribution in [2.45, 2.75) is 40.0 Å². The van der Waals surface area contributed by atoms with Gasteiger partial charge in [-0.3, -0.25) is 0 Å². The van der Waals surface area contributed by atoms with E-state index < -0.39 is 0 Å². The molecule has 0 N–H and O–H groups in total. The molecule has 11 heavy (non-hydrogen) atoms. The zero-order chi connectivity index (χ0) is 8.01. The molecule has 0 spiro atoms. The van der Waals surface area contributed by atoms with Crippen molar-refractivity contribution < 1.29 is 0 Å². The Hall–Kier alpha value is 0. The standard InChI is InChI=1S/C11H20/c1-7(2)11-6-9-4-10(5-9)8(11)3/h7-11H,4-6H2,1-3H3/t8-,9?,10?,11?/m0/s1. The highest BCUT2D eigenvalue weighted by atomic mass is 14.5. The highest BCUT2D eigenvalue weighted by molar-refractivity contribution is 4.93. The predicted octanol–water partition coefficient (Wildman–Crippen LogP) is 3.32. The Morgan fingerprint density at radius 3 is 2.09 bits per heavy atom. The summed E-state index contributed by atoms with van der Waals surface area (Å²) >= 11 is 0. The van der Waals surface area contributed by atoms with Gasteiger partial charge in [0.05, 0.1) is 0 Å². The topological polar surface area (TPSA) is 0 Å². The second-order valence-corrected chi connectivity index (χ2v) is 5.10. The third-order valence-corrected chi connectivity index (χ3v) is 4.15. The van der Waals surface area contributed by atoms with E-state index in [-0.39, 0.29) is 0 Å². The number of hydrogen-bond acceptors (Lipinski definition) is 0. The molecule has 0 saturated heterocycles. The van der Waals surface area contributed by atoms with Gasteiger partial charge in [0.1, 0.15) is 0 Å². The molecule has 3 rings (SSSR count). The Balaban J connectivity index is 2.01. The summed E-state index contributed by atoms with van der Waals surface area (Å²) < 4.78 is 0. The summed E-state index contributed by atoms with van der Waals surface area (Å²) in [6, 6.07) is 0. The van der Waals surface area contributed by atoms with Crippen LogP contribution in [0.1, 0.15) is 40.0 Å². The zero-order valence-corrected chi connectivity index (χ0v) is 8.01. The van der Waals surface area contributed by atoms with Crippen LogP contribution in [0.2, 0.25) is 0 Å². The SMILES string of the molecule is CC(C)C1CC2CC(C2)[C@@H]1C. The van der Waals surface area contributed by atoms with Crippen molar-refractivity contribution in [2.24, 2.45) is 29.6 Å². The van der Waals surface area contributed by atoms with Crippen LogP contribution in [0.5, 0.6) is 0 Å². The average molecular weight is 152 g/mol. The zero-order valence-electron chi connectivity index (χ0n) is 8.01. The molecule has 0 heteroatoms. The van der Waals surface area contributed by atoms with E-state index in [0.29, 0.717) is 0 Å². The minimum atomic E-state index is 0.926. The van der Waals surface area contributed by atoms with E-state index in [1.165, 1.54) is 6.42 Å². The van der Waals surface area contributed by atoms with Gasteiger partial charge < -0.3 is 0 Å². The van der Waals surface area contributed by atoms with Crippen LogP contribution in [0.4, 0.5) is 0 Å². The largest absolute Gasteiger partial charge is 0.0625 e. The highest BCUT2D eigenvalue weighted by Crippen LogP contribution is 2.53. The summed E-state index contributed by atoms with van der Waals surface area (Å²) in [6.45, 7) is 7.27. The van der Waals surface area contributed by atoms with Crippen LogP contribution in [0, 0.1) is 29.6 Å². The first kappa shape index (κ1) is 7.64. The Labute approximate surface area is 70.4 Å². The van der Waals surface area contributed by atoms with Crippen molar-refractivity contribution in [3.05, 3.63) is 0 Å². The lowest BCUT2D eigenvalue weighted by Crippen LogP contribution is -2.42. The minimum absolute atomic E-state index is 0.926. The van der Waals surface area contributed by atoms with Crippen LogP contribution >= 0.6 is 0 Å². The third kappa shape index (κ3) is 1.11. The van der Waals surface area contributed by atoms with Crippen LogP contribution in [0.15, 0.2) is 0 Å². The molecule has 64 valence electrons. The number of hydrogen-bond donors (Lipinski definition) is 0. The molecule has 0 aromatic rings.